The zero-order valence-electron chi connectivity index (χ0n) is 13.4. The molecule has 0 aliphatic carbocycles. The molecule has 0 spiro atoms. The molecule has 5 N–H and O–H groups in total. The smallest absolute Gasteiger partial charge is 0.340 e. The molecule has 0 aromatic heterocycles. The molecule has 1 aromatic carbocycles. The van der Waals surface area contributed by atoms with Crippen molar-refractivity contribution in [2.24, 2.45) is 5.50 Å². The predicted molar refractivity (Wildman–Crippen MR) is 89.9 cm³/mol. The number of benzene rings is 1. The molecule has 0 radical (unpaired) electrons. The first-order chi connectivity index (χ1) is 11.5. The fourth-order valence-electron chi connectivity index (χ4n) is 2.45. The fraction of sp³-hybridized carbons (Fsp3) is 0.385. The quantitative estimate of drug-likeness (QED) is 0.412. The van der Waals surface area contributed by atoms with Gasteiger partial charge in [-0.1, -0.05) is 17.7 Å². The highest BCUT2D eigenvalue weighted by Crippen LogP contribution is 2.40. The molecule has 1 aromatic rings. The SMILES string of the molecule is Cc1ccc(C(=O)N[C@H]2CCCN(P(N)(=O)NS(=O)(=O)O)C2=O)cc1. The molecule has 2 amide bonds. The van der Waals surface area contributed by atoms with E-state index in [-0.39, 0.29) is 6.54 Å². The summed E-state index contributed by atoms with van der Waals surface area (Å²) >= 11 is 0. The third kappa shape index (κ3) is 5.10. The van der Waals surface area contributed by atoms with E-state index in [0.717, 1.165) is 5.56 Å². The number of nitrogens with zero attached hydrogens (tertiary/aromatic N) is 1. The summed E-state index contributed by atoms with van der Waals surface area (Å²) in [6.45, 7) is 1.80. The Morgan fingerprint density at radius 3 is 2.52 bits per heavy atom. The number of nitrogens with two attached hydrogens (primary N) is 1. The zero-order chi connectivity index (χ0) is 18.8. The summed E-state index contributed by atoms with van der Waals surface area (Å²) in [5.41, 5.74) is 6.71. The Bertz CT molecular complexity index is 825. The maximum atomic E-state index is 12.4. The van der Waals surface area contributed by atoms with Crippen LogP contribution in [0.15, 0.2) is 24.3 Å². The molecular formula is C13H19N4O6PS. The van der Waals surface area contributed by atoms with Crippen molar-refractivity contribution >= 4 is 29.7 Å². The van der Waals surface area contributed by atoms with Crippen molar-refractivity contribution in [1.29, 1.82) is 0 Å². The average Bonchev–Trinajstić information content (AvgIpc) is 2.47. The number of carbonyl (C=O) groups is 2. The number of hydrogen-bond acceptors (Lipinski definition) is 5. The Morgan fingerprint density at radius 2 is 1.96 bits per heavy atom. The summed E-state index contributed by atoms with van der Waals surface area (Å²) in [6, 6.07) is 5.69. The van der Waals surface area contributed by atoms with Gasteiger partial charge in [0, 0.05) is 12.1 Å². The Kier molecular flexibility index (Phi) is 5.65. The first kappa shape index (κ1) is 19.5. The average molecular weight is 390 g/mol. The van der Waals surface area contributed by atoms with Gasteiger partial charge in [0.25, 0.3) is 11.8 Å². The molecule has 1 heterocycles. The molecule has 1 saturated heterocycles. The molecule has 138 valence electrons. The van der Waals surface area contributed by atoms with Gasteiger partial charge < -0.3 is 5.32 Å². The molecule has 12 heteroatoms. The van der Waals surface area contributed by atoms with Crippen LogP contribution in [-0.4, -0.2) is 42.0 Å². The van der Waals surface area contributed by atoms with Crippen molar-refractivity contribution in [2.75, 3.05) is 6.54 Å². The highest BCUT2D eigenvalue weighted by Gasteiger charge is 2.40. The first-order valence-electron chi connectivity index (χ1n) is 7.34. The molecule has 2 rings (SSSR count). The highest BCUT2D eigenvalue weighted by atomic mass is 32.2. The lowest BCUT2D eigenvalue weighted by molar-refractivity contribution is -0.130. The van der Waals surface area contributed by atoms with Crippen LogP contribution in [0.4, 0.5) is 0 Å². The predicted octanol–water partition coefficient (Wildman–Crippen LogP) is 0.175. The van der Waals surface area contributed by atoms with Crippen molar-refractivity contribution in [3.63, 3.8) is 0 Å². The van der Waals surface area contributed by atoms with Gasteiger partial charge >= 0.3 is 17.9 Å². The van der Waals surface area contributed by atoms with Crippen molar-refractivity contribution in [1.82, 2.24) is 14.5 Å². The summed E-state index contributed by atoms with van der Waals surface area (Å²) in [7, 11) is -9.22. The number of piperidine rings is 1. The number of rotatable bonds is 5. The van der Waals surface area contributed by atoms with Crippen LogP contribution < -0.4 is 15.3 Å². The van der Waals surface area contributed by atoms with Gasteiger partial charge in [0.05, 0.1) is 0 Å². The molecule has 1 aliphatic rings. The van der Waals surface area contributed by atoms with Crippen molar-refractivity contribution in [3.05, 3.63) is 35.4 Å². The number of hydrogen-bond donors (Lipinski definition) is 4. The van der Waals surface area contributed by atoms with E-state index in [2.05, 4.69) is 5.32 Å². The maximum Gasteiger partial charge on any atom is 0.341 e. The van der Waals surface area contributed by atoms with Crippen LogP contribution in [0.2, 0.25) is 0 Å². The molecule has 1 unspecified atom stereocenters. The molecular weight excluding hydrogens is 371 g/mol. The van der Waals surface area contributed by atoms with E-state index in [9.17, 15) is 22.6 Å². The monoisotopic (exact) mass is 390 g/mol. The van der Waals surface area contributed by atoms with Gasteiger partial charge in [-0.15, -0.1) is 4.49 Å². The van der Waals surface area contributed by atoms with E-state index in [0.29, 0.717) is 23.1 Å². The maximum absolute atomic E-state index is 12.4. The van der Waals surface area contributed by atoms with Gasteiger partial charge in [-0.3, -0.25) is 28.9 Å². The lowest BCUT2D eigenvalue weighted by atomic mass is 10.1. The van der Waals surface area contributed by atoms with Crippen LogP contribution in [-0.2, 0) is 19.7 Å². The second-order valence-electron chi connectivity index (χ2n) is 5.68. The van der Waals surface area contributed by atoms with Gasteiger partial charge in [-0.2, -0.15) is 8.42 Å². The van der Waals surface area contributed by atoms with Gasteiger partial charge in [0.1, 0.15) is 6.04 Å². The van der Waals surface area contributed by atoms with E-state index in [1.165, 1.54) is 4.49 Å². The molecule has 10 nitrogen and oxygen atoms in total. The normalized spacial score (nSPS) is 20.8. The van der Waals surface area contributed by atoms with Crippen LogP contribution in [0.1, 0.15) is 28.8 Å². The second kappa shape index (κ2) is 7.22. The summed E-state index contributed by atoms with van der Waals surface area (Å²) < 4.78 is 44.7. The molecule has 1 fully saturated rings. The number of amides is 2. The topological polar surface area (TPSA) is 159 Å². The number of carbonyl (C=O) groups excluding carboxylic acids is 2. The van der Waals surface area contributed by atoms with Crippen LogP contribution in [0, 0.1) is 6.92 Å². The lowest BCUT2D eigenvalue weighted by Gasteiger charge is -2.35. The van der Waals surface area contributed by atoms with Crippen molar-refractivity contribution < 1.29 is 27.1 Å². The van der Waals surface area contributed by atoms with Gasteiger partial charge in [0.15, 0.2) is 0 Å². The Labute approximate surface area is 145 Å². The lowest BCUT2D eigenvalue weighted by Crippen LogP contribution is -2.53. The van der Waals surface area contributed by atoms with Crippen molar-refractivity contribution in [3.8, 4) is 0 Å². The van der Waals surface area contributed by atoms with E-state index < -0.39 is 35.8 Å². The summed E-state index contributed by atoms with van der Waals surface area (Å²) in [6.07, 6.45) is 0.637. The van der Waals surface area contributed by atoms with E-state index in [4.69, 9.17) is 10.1 Å². The zero-order valence-corrected chi connectivity index (χ0v) is 15.1. The standard InChI is InChI=1S/C13H19N4O6PS/c1-9-4-6-10(7-5-9)12(18)15-11-3-2-8-17(13(11)19)24(14,20)16-25(21,22)23/h4-7,11H,2-3,8H2,1H3,(H,15,18)(H3,14,16,20)(H,21,22,23)/t11-,24?/m0/s1. The minimum atomic E-state index is -4.86. The highest BCUT2D eigenvalue weighted by molar-refractivity contribution is 7.90. The molecule has 0 bridgehead atoms. The van der Waals surface area contributed by atoms with Gasteiger partial charge in [-0.25, -0.2) is 0 Å². The third-order valence-electron chi connectivity index (χ3n) is 3.64. The van der Waals surface area contributed by atoms with Gasteiger partial charge in [-0.05, 0) is 31.9 Å². The van der Waals surface area contributed by atoms with Crippen LogP contribution in [0.3, 0.4) is 0 Å². The van der Waals surface area contributed by atoms with Crippen LogP contribution in [0.5, 0.6) is 0 Å². The number of nitrogens with one attached hydrogen (secondary N) is 2. The second-order valence-corrected chi connectivity index (χ2v) is 9.09. The summed E-state index contributed by atoms with van der Waals surface area (Å²) in [5, 5.41) is 2.52. The Hall–Kier alpha value is -1.78. The Morgan fingerprint density at radius 1 is 1.36 bits per heavy atom. The number of aryl methyl sites for hydroxylation is 1. The van der Waals surface area contributed by atoms with E-state index >= 15 is 0 Å². The molecule has 2 atom stereocenters. The molecule has 1 aliphatic heterocycles. The van der Waals surface area contributed by atoms with Crippen molar-refractivity contribution in [2.45, 2.75) is 25.8 Å². The minimum Gasteiger partial charge on any atom is -0.340 e. The van der Waals surface area contributed by atoms with E-state index in [1.54, 1.807) is 24.3 Å². The van der Waals surface area contributed by atoms with Gasteiger partial charge in [0.2, 0.25) is 0 Å². The molecule has 0 saturated carbocycles. The fourth-order valence-corrected chi connectivity index (χ4v) is 5.04. The third-order valence-corrected chi connectivity index (χ3v) is 6.72. The Balaban J connectivity index is 2.12. The molecule has 25 heavy (non-hydrogen) atoms. The summed E-state index contributed by atoms with van der Waals surface area (Å²) in [4.78, 5) is 24.6. The summed E-state index contributed by atoms with van der Waals surface area (Å²) in [5.74, 6) is -1.27. The van der Waals surface area contributed by atoms with Crippen LogP contribution >= 0.6 is 7.59 Å². The minimum absolute atomic E-state index is 0.0635. The van der Waals surface area contributed by atoms with Crippen LogP contribution in [0.25, 0.3) is 0 Å². The largest absolute Gasteiger partial charge is 0.341 e. The van der Waals surface area contributed by atoms with E-state index in [1.807, 2.05) is 6.92 Å². The first-order valence-corrected chi connectivity index (χ1v) is 10.5.